The Morgan fingerprint density at radius 2 is 2.32 bits per heavy atom. The molecule has 1 unspecified atom stereocenters. The normalized spacial score (nSPS) is 28.9. The number of aromatic amines is 1. The molecule has 0 spiro atoms. The molecular weight excluding hydrogens is 320 g/mol. The predicted molar refractivity (Wildman–Crippen MR) is 69.9 cm³/mol. The van der Waals surface area contributed by atoms with E-state index in [1.54, 1.807) is 0 Å². The number of aromatic nitrogens is 2. The van der Waals surface area contributed by atoms with Crippen molar-refractivity contribution in [3.8, 4) is 0 Å². The molecule has 3 N–H and O–H groups in total. The van der Waals surface area contributed by atoms with Gasteiger partial charge in [0.1, 0.15) is 18.4 Å². The Morgan fingerprint density at radius 3 is 2.95 bits per heavy atom. The zero-order valence-corrected chi connectivity index (χ0v) is 11.4. The number of H-pyrrole nitrogens is 1. The van der Waals surface area contributed by atoms with Crippen LogP contribution in [0, 0.1) is 0 Å². The van der Waals surface area contributed by atoms with Crippen LogP contribution in [0.2, 0.25) is 0 Å². The van der Waals surface area contributed by atoms with Crippen molar-refractivity contribution in [1.82, 2.24) is 9.55 Å². The van der Waals surface area contributed by atoms with Crippen LogP contribution in [0.4, 0.5) is 0 Å². The molecule has 7 nitrogen and oxygen atoms in total. The third-order valence-corrected chi connectivity index (χ3v) is 3.21. The summed E-state index contributed by atoms with van der Waals surface area (Å²) in [5, 5.41) is 19.6. The molecule has 1 aromatic heterocycles. The highest BCUT2D eigenvalue weighted by Gasteiger charge is 2.38. The van der Waals surface area contributed by atoms with Crippen molar-refractivity contribution < 1.29 is 14.9 Å². The summed E-state index contributed by atoms with van der Waals surface area (Å²) in [6, 6.07) is 1.19. The maximum absolute atomic E-state index is 11.6. The Balaban J connectivity index is 2.21. The van der Waals surface area contributed by atoms with Crippen LogP contribution in [0.25, 0.3) is 0 Å². The summed E-state index contributed by atoms with van der Waals surface area (Å²) >= 11 is 3.02. The molecule has 1 saturated heterocycles. The number of hydrogen-bond donors (Lipinski definition) is 3. The maximum Gasteiger partial charge on any atom is 0.330 e. The molecule has 0 aliphatic carbocycles. The second-order valence-electron chi connectivity index (χ2n) is 4.18. The summed E-state index contributed by atoms with van der Waals surface area (Å²) in [5.41, 5.74) is -1.12. The van der Waals surface area contributed by atoms with Gasteiger partial charge in [0, 0.05) is 18.7 Å². The largest absolute Gasteiger partial charge is 0.390 e. The molecule has 0 aromatic carbocycles. The van der Waals surface area contributed by atoms with Crippen LogP contribution in [0.15, 0.2) is 32.9 Å². The zero-order chi connectivity index (χ0) is 14.0. The van der Waals surface area contributed by atoms with E-state index in [-0.39, 0.29) is 6.42 Å². The van der Waals surface area contributed by atoms with Gasteiger partial charge < -0.3 is 14.9 Å². The van der Waals surface area contributed by atoms with Crippen LogP contribution in [-0.4, -0.2) is 38.1 Å². The Morgan fingerprint density at radius 1 is 1.58 bits per heavy atom. The van der Waals surface area contributed by atoms with Crippen LogP contribution in [0.5, 0.6) is 0 Å². The predicted octanol–water partition coefficient (Wildman–Crippen LogP) is -0.545. The van der Waals surface area contributed by atoms with Gasteiger partial charge in [0.2, 0.25) is 0 Å². The van der Waals surface area contributed by atoms with E-state index >= 15 is 0 Å². The van der Waals surface area contributed by atoms with Gasteiger partial charge in [0.05, 0.1) is 6.10 Å². The molecule has 0 amide bonds. The number of nitrogens with zero attached hydrogens (tertiary/aromatic N) is 1. The van der Waals surface area contributed by atoms with E-state index < -0.39 is 35.8 Å². The molecule has 1 aliphatic rings. The van der Waals surface area contributed by atoms with E-state index in [1.165, 1.54) is 27.9 Å². The Labute approximate surface area is 116 Å². The molecule has 8 heteroatoms. The smallest absolute Gasteiger partial charge is 0.330 e. The van der Waals surface area contributed by atoms with E-state index in [0.29, 0.717) is 0 Å². The summed E-state index contributed by atoms with van der Waals surface area (Å²) in [5.74, 6) is 0. The molecule has 2 heterocycles. The minimum absolute atomic E-state index is 0.157. The summed E-state index contributed by atoms with van der Waals surface area (Å²) in [4.78, 5) is 26.1. The average Bonchev–Trinajstić information content (AvgIpc) is 2.71. The first-order valence-corrected chi connectivity index (χ1v) is 6.54. The maximum atomic E-state index is 11.6. The van der Waals surface area contributed by atoms with Crippen LogP contribution in [0.3, 0.4) is 0 Å². The summed E-state index contributed by atoms with van der Waals surface area (Å²) in [7, 11) is 0. The third-order valence-electron chi connectivity index (χ3n) is 2.90. The van der Waals surface area contributed by atoms with E-state index in [0.717, 1.165) is 0 Å². The second-order valence-corrected chi connectivity index (χ2v) is 4.71. The van der Waals surface area contributed by atoms with Crippen molar-refractivity contribution >= 4 is 15.9 Å². The van der Waals surface area contributed by atoms with Crippen molar-refractivity contribution in [2.75, 3.05) is 0 Å². The fourth-order valence-corrected chi connectivity index (χ4v) is 2.31. The number of ether oxygens (including phenoxy) is 1. The summed E-state index contributed by atoms with van der Waals surface area (Å²) in [6.07, 6.45) is -0.552. The number of aliphatic hydroxyl groups excluding tert-OH is 2. The molecule has 104 valence electrons. The third kappa shape index (κ3) is 3.03. The van der Waals surface area contributed by atoms with Crippen molar-refractivity contribution in [1.29, 1.82) is 0 Å². The summed E-state index contributed by atoms with van der Waals surface area (Å²) in [6.45, 7) is 0. The van der Waals surface area contributed by atoms with Gasteiger partial charge in [-0.25, -0.2) is 4.79 Å². The Kier molecular flexibility index (Phi) is 4.35. The monoisotopic (exact) mass is 332 g/mol. The van der Waals surface area contributed by atoms with Gasteiger partial charge in [0.25, 0.3) is 5.56 Å². The van der Waals surface area contributed by atoms with Crippen LogP contribution >= 0.6 is 15.9 Å². The van der Waals surface area contributed by atoms with E-state index in [4.69, 9.17) is 4.74 Å². The molecule has 0 saturated carbocycles. The molecule has 1 aromatic rings. The molecule has 0 bridgehead atoms. The topological polar surface area (TPSA) is 105 Å². The van der Waals surface area contributed by atoms with Gasteiger partial charge in [-0.2, -0.15) is 0 Å². The quantitative estimate of drug-likeness (QED) is 0.689. The molecule has 4 atom stereocenters. The fraction of sp³-hybridized carbons (Fsp3) is 0.455. The highest BCUT2D eigenvalue weighted by Crippen LogP contribution is 2.29. The average molecular weight is 333 g/mol. The van der Waals surface area contributed by atoms with Crippen molar-refractivity contribution in [2.45, 2.75) is 31.0 Å². The number of rotatable bonds is 3. The highest BCUT2D eigenvalue weighted by molar-refractivity contribution is 9.11. The fourth-order valence-electron chi connectivity index (χ4n) is 1.99. The first-order valence-electron chi connectivity index (χ1n) is 5.63. The molecule has 2 rings (SSSR count). The lowest BCUT2D eigenvalue weighted by molar-refractivity contribution is -0.0682. The summed E-state index contributed by atoms with van der Waals surface area (Å²) < 4.78 is 6.64. The van der Waals surface area contributed by atoms with E-state index in [2.05, 4.69) is 20.9 Å². The molecule has 0 radical (unpaired) electrons. The Hall–Kier alpha value is -1.22. The standard InChI is InChI=1S/C11H13BrN2O5/c12-3-1-6(15)10-7(16)5-9(19-10)14-4-2-8(17)13-11(14)18/h1-4,6-7,9-10,15-16H,5H2,(H,13,17,18)/b3-1+/t6?,7-,9+,10+/m0/s1. The number of hydrogen-bond acceptors (Lipinski definition) is 5. The Bertz CT molecular complexity index is 581. The number of aliphatic hydroxyl groups is 2. The van der Waals surface area contributed by atoms with Gasteiger partial charge >= 0.3 is 5.69 Å². The first kappa shape index (κ1) is 14.2. The van der Waals surface area contributed by atoms with Crippen LogP contribution < -0.4 is 11.2 Å². The van der Waals surface area contributed by atoms with Crippen LogP contribution in [0.1, 0.15) is 12.6 Å². The number of halogens is 1. The van der Waals surface area contributed by atoms with Crippen molar-refractivity contribution in [3.63, 3.8) is 0 Å². The minimum Gasteiger partial charge on any atom is -0.390 e. The lowest BCUT2D eigenvalue weighted by atomic mass is 10.1. The van der Waals surface area contributed by atoms with Crippen molar-refractivity contribution in [2.24, 2.45) is 0 Å². The van der Waals surface area contributed by atoms with Gasteiger partial charge in [-0.05, 0) is 11.1 Å². The SMILES string of the molecule is O=c1ccn([C@H]2C[C@H](O)[C@@H](C(O)/C=C/Br)O2)c(=O)[nH]1. The molecule has 19 heavy (non-hydrogen) atoms. The van der Waals surface area contributed by atoms with Gasteiger partial charge in [-0.3, -0.25) is 14.3 Å². The van der Waals surface area contributed by atoms with Gasteiger partial charge in [0.15, 0.2) is 0 Å². The molecular formula is C11H13BrN2O5. The highest BCUT2D eigenvalue weighted by atomic mass is 79.9. The second kappa shape index (κ2) is 5.83. The van der Waals surface area contributed by atoms with Gasteiger partial charge in [-0.15, -0.1) is 0 Å². The lowest BCUT2D eigenvalue weighted by Crippen LogP contribution is -2.34. The molecule has 1 aliphatic heterocycles. The minimum atomic E-state index is -0.988. The van der Waals surface area contributed by atoms with Crippen LogP contribution in [-0.2, 0) is 4.74 Å². The van der Waals surface area contributed by atoms with E-state index in [1.807, 2.05) is 0 Å². The number of nitrogens with one attached hydrogen (secondary N) is 1. The molecule has 1 fully saturated rings. The van der Waals surface area contributed by atoms with Crippen molar-refractivity contribution in [3.05, 3.63) is 44.2 Å². The van der Waals surface area contributed by atoms with Gasteiger partial charge in [-0.1, -0.05) is 15.9 Å². The lowest BCUT2D eigenvalue weighted by Gasteiger charge is -2.18. The van der Waals surface area contributed by atoms with E-state index in [9.17, 15) is 19.8 Å². The first-order chi connectivity index (χ1) is 9.02. The zero-order valence-electron chi connectivity index (χ0n) is 9.77.